The maximum absolute atomic E-state index is 13.1. The molecule has 0 unspecified atom stereocenters. The van der Waals surface area contributed by atoms with Gasteiger partial charge in [0.15, 0.2) is 5.82 Å². The van der Waals surface area contributed by atoms with E-state index in [9.17, 15) is 13.2 Å². The van der Waals surface area contributed by atoms with Crippen molar-refractivity contribution in [1.82, 2.24) is 24.6 Å². The molecule has 0 aliphatic carbocycles. The molecule has 2 heterocycles. The Morgan fingerprint density at radius 2 is 1.71 bits per heavy atom. The van der Waals surface area contributed by atoms with Crippen molar-refractivity contribution in [2.75, 3.05) is 18.8 Å². The van der Waals surface area contributed by atoms with Crippen molar-refractivity contribution in [2.45, 2.75) is 26.2 Å². The number of rotatable bonds is 8. The highest BCUT2D eigenvalue weighted by atomic mass is 35.5. The van der Waals surface area contributed by atoms with Crippen LogP contribution < -0.4 is 10.3 Å². The molecule has 4 rings (SSSR count). The molecule has 13 heteroatoms. The average Bonchev–Trinajstić information content (AvgIpc) is 3.18. The van der Waals surface area contributed by atoms with Crippen molar-refractivity contribution in [3.63, 3.8) is 0 Å². The molecule has 2 aliphatic rings. The number of anilines is 1. The molecule has 0 fully saturated rings. The molecular weight excluding hydrogens is 571 g/mol. The number of halogens is 3. The van der Waals surface area contributed by atoms with Crippen molar-refractivity contribution in [3.05, 3.63) is 90.5 Å². The number of nitrogens with one attached hydrogen (secondary N) is 2. The number of H-pyrrole nitrogens is 1. The summed E-state index contributed by atoms with van der Waals surface area (Å²) < 4.78 is 28.5. The van der Waals surface area contributed by atoms with Gasteiger partial charge >= 0.3 is 0 Å². The second-order valence-electron chi connectivity index (χ2n) is 9.15. The SMILES string of the molecule is CC(C)c1[nH]n(-c2c(Cl)cc(Cl)cc2Cl)c2nc(Cc3ccc(NS(=O)(=O)/C=C/N(C)C)cc3)nc(=O)c1-2. The Balaban J connectivity index is 1.70. The number of fused-ring (bicyclic) bond motifs is 1. The minimum Gasteiger partial charge on any atom is -0.383 e. The molecule has 0 radical (unpaired) electrons. The highest BCUT2D eigenvalue weighted by Gasteiger charge is 2.27. The largest absolute Gasteiger partial charge is 0.383 e. The Hall–Kier alpha value is -3.05. The number of hydrogen-bond donors (Lipinski definition) is 2. The Bertz CT molecular complexity index is 1620. The molecule has 200 valence electrons. The van der Waals surface area contributed by atoms with Gasteiger partial charge in [-0.25, -0.2) is 18.1 Å². The number of benzene rings is 2. The average molecular weight is 596 g/mol. The number of hydrogen-bond acceptors (Lipinski definition) is 6. The molecule has 0 amide bonds. The first-order valence-electron chi connectivity index (χ1n) is 11.5. The molecule has 0 saturated heterocycles. The molecule has 2 aliphatic heterocycles. The third kappa shape index (κ3) is 6.15. The Morgan fingerprint density at radius 3 is 2.29 bits per heavy atom. The second-order valence-corrected chi connectivity index (χ2v) is 12.0. The Labute approximate surface area is 235 Å². The highest BCUT2D eigenvalue weighted by molar-refractivity contribution is 7.95. The van der Waals surface area contributed by atoms with Gasteiger partial charge in [-0.1, -0.05) is 60.8 Å². The molecule has 0 spiro atoms. The zero-order valence-corrected chi connectivity index (χ0v) is 24.0. The first-order chi connectivity index (χ1) is 17.8. The molecular formula is C25H25Cl3N6O3S. The van der Waals surface area contributed by atoms with Crippen molar-refractivity contribution >= 4 is 50.5 Å². The molecule has 2 aromatic rings. The van der Waals surface area contributed by atoms with Crippen molar-refractivity contribution in [2.24, 2.45) is 0 Å². The third-order valence-electron chi connectivity index (χ3n) is 5.51. The maximum atomic E-state index is 13.1. The Morgan fingerprint density at radius 1 is 1.08 bits per heavy atom. The summed E-state index contributed by atoms with van der Waals surface area (Å²) in [5.41, 5.74) is 2.17. The van der Waals surface area contributed by atoms with Crippen LogP contribution in [0, 0.1) is 0 Å². The lowest BCUT2D eigenvalue weighted by molar-refractivity contribution is 0.562. The number of aromatic nitrogens is 4. The van der Waals surface area contributed by atoms with Gasteiger partial charge in [0.1, 0.15) is 17.1 Å². The van der Waals surface area contributed by atoms with Crippen LogP contribution in [-0.4, -0.2) is 47.2 Å². The van der Waals surface area contributed by atoms with Crippen LogP contribution >= 0.6 is 34.8 Å². The van der Waals surface area contributed by atoms with Crippen LogP contribution in [0.4, 0.5) is 5.69 Å². The smallest absolute Gasteiger partial charge is 0.284 e. The fourth-order valence-corrected chi connectivity index (χ4v) is 5.70. The van der Waals surface area contributed by atoms with E-state index in [1.54, 1.807) is 60.1 Å². The molecule has 38 heavy (non-hydrogen) atoms. The molecule has 0 atom stereocenters. The summed E-state index contributed by atoms with van der Waals surface area (Å²) in [6.07, 6.45) is 1.68. The van der Waals surface area contributed by atoms with E-state index >= 15 is 0 Å². The summed E-state index contributed by atoms with van der Waals surface area (Å²) >= 11 is 19.0. The van der Waals surface area contributed by atoms with E-state index in [4.69, 9.17) is 34.8 Å². The summed E-state index contributed by atoms with van der Waals surface area (Å²) in [5.74, 6) is 0.593. The zero-order chi connectivity index (χ0) is 27.8. The van der Waals surface area contributed by atoms with Gasteiger partial charge in [0.05, 0.1) is 21.1 Å². The van der Waals surface area contributed by atoms with E-state index in [-0.39, 0.29) is 28.2 Å². The van der Waals surface area contributed by atoms with Crippen molar-refractivity contribution < 1.29 is 8.42 Å². The molecule has 0 aromatic heterocycles. The maximum Gasteiger partial charge on any atom is 0.284 e. The predicted octanol–water partition coefficient (Wildman–Crippen LogP) is 5.51. The monoisotopic (exact) mass is 594 g/mol. The minimum absolute atomic E-state index is 0.0327. The summed E-state index contributed by atoms with van der Waals surface area (Å²) in [6.45, 7) is 3.89. The van der Waals surface area contributed by atoms with Gasteiger partial charge in [-0.05, 0) is 35.7 Å². The van der Waals surface area contributed by atoms with Crippen LogP contribution in [0.3, 0.4) is 0 Å². The van der Waals surface area contributed by atoms with Gasteiger partial charge < -0.3 is 4.90 Å². The second kappa shape index (κ2) is 11.0. The zero-order valence-electron chi connectivity index (χ0n) is 21.0. The van der Waals surface area contributed by atoms with E-state index < -0.39 is 15.6 Å². The van der Waals surface area contributed by atoms with E-state index in [2.05, 4.69) is 19.8 Å². The number of nitrogens with zero attached hydrogens (tertiary/aromatic N) is 4. The Kier molecular flexibility index (Phi) is 8.08. The summed E-state index contributed by atoms with van der Waals surface area (Å²) in [6, 6.07) is 9.87. The topological polar surface area (TPSA) is 113 Å². The first-order valence-corrected chi connectivity index (χ1v) is 14.2. The summed E-state index contributed by atoms with van der Waals surface area (Å²) in [4.78, 5) is 23.7. The van der Waals surface area contributed by atoms with E-state index in [1.165, 1.54) is 6.20 Å². The molecule has 0 bridgehead atoms. The fraction of sp³-hybridized carbons (Fsp3) is 0.240. The fourth-order valence-electron chi connectivity index (χ4n) is 3.78. The number of sulfonamides is 1. The van der Waals surface area contributed by atoms with E-state index in [1.807, 2.05) is 13.8 Å². The summed E-state index contributed by atoms with van der Waals surface area (Å²) in [7, 11) is -0.198. The quantitative estimate of drug-likeness (QED) is 0.278. The predicted molar refractivity (Wildman–Crippen MR) is 152 cm³/mol. The van der Waals surface area contributed by atoms with Gasteiger partial charge in [-0.2, -0.15) is 4.98 Å². The van der Waals surface area contributed by atoms with Gasteiger partial charge in [-0.3, -0.25) is 14.6 Å². The van der Waals surface area contributed by atoms with Crippen LogP contribution in [0.25, 0.3) is 17.1 Å². The van der Waals surface area contributed by atoms with Crippen LogP contribution in [0.15, 0.2) is 52.8 Å². The van der Waals surface area contributed by atoms with Crippen LogP contribution in [0.5, 0.6) is 0 Å². The van der Waals surface area contributed by atoms with Crippen LogP contribution in [-0.2, 0) is 16.4 Å². The van der Waals surface area contributed by atoms with Crippen molar-refractivity contribution in [3.8, 4) is 17.1 Å². The standard InChI is InChI=1S/C25H25Cl3N6O3S/c1-14(2)22-21-24(34(31-22)23-18(27)12-16(26)13-19(23)28)29-20(30-25(21)35)11-15-5-7-17(8-6-15)32-38(36,37)10-9-33(3)4/h5-10,12-14,31-32H,11H2,1-4H3/b10-9+. The van der Waals surface area contributed by atoms with Crippen LogP contribution in [0.2, 0.25) is 15.1 Å². The van der Waals surface area contributed by atoms with Gasteiger partial charge in [0, 0.05) is 37.4 Å². The normalized spacial score (nSPS) is 12.1. The van der Waals surface area contributed by atoms with Crippen molar-refractivity contribution in [1.29, 1.82) is 0 Å². The van der Waals surface area contributed by atoms with Gasteiger partial charge in [0.2, 0.25) is 0 Å². The lowest BCUT2D eigenvalue weighted by Crippen LogP contribution is -2.18. The minimum atomic E-state index is -3.65. The third-order valence-corrected chi connectivity index (χ3v) is 7.31. The molecule has 2 aromatic carbocycles. The molecule has 2 N–H and O–H groups in total. The van der Waals surface area contributed by atoms with E-state index in [0.717, 1.165) is 11.0 Å². The lowest BCUT2D eigenvalue weighted by atomic mass is 10.1. The van der Waals surface area contributed by atoms with Gasteiger partial charge in [0.25, 0.3) is 15.6 Å². The molecule has 9 nitrogen and oxygen atoms in total. The summed E-state index contributed by atoms with van der Waals surface area (Å²) in [5, 5.41) is 5.25. The number of aromatic amines is 1. The highest BCUT2D eigenvalue weighted by Crippen LogP contribution is 2.36. The van der Waals surface area contributed by atoms with Gasteiger partial charge in [-0.15, -0.1) is 0 Å². The first kappa shape index (κ1) is 28.0. The lowest BCUT2D eigenvalue weighted by Gasteiger charge is -2.12. The molecule has 0 saturated carbocycles. The van der Waals surface area contributed by atoms with E-state index in [0.29, 0.717) is 33.5 Å². The van der Waals surface area contributed by atoms with Crippen LogP contribution in [0.1, 0.15) is 36.8 Å².